The maximum absolute atomic E-state index is 11.3. The average Bonchev–Trinajstić information content (AvgIpc) is 3.02. The average molecular weight is 241 g/mol. The van der Waals surface area contributed by atoms with Gasteiger partial charge in [0, 0.05) is 5.02 Å². The molecule has 0 unspecified atom stereocenters. The number of rotatable bonds is 3. The molecular weight excluding hydrogens is 228 g/mol. The molecule has 1 aliphatic carbocycles. The first kappa shape index (κ1) is 11.3. The molecule has 1 aromatic rings. The molecule has 1 saturated carbocycles. The molecule has 4 heteroatoms. The summed E-state index contributed by atoms with van der Waals surface area (Å²) in [5, 5.41) is 9.81. The second-order valence-electron chi connectivity index (χ2n) is 4.17. The van der Waals surface area contributed by atoms with Crippen LogP contribution < -0.4 is 4.74 Å². The standard InChI is InChI=1S/C12H13ClO3/c1-7-9(12(3-4-12)11(14)15)5-8(16-2)6-10(7)13/h5-6H,3-4H2,1-2H3,(H,14,15). The summed E-state index contributed by atoms with van der Waals surface area (Å²) in [6, 6.07) is 3.49. The molecule has 2 rings (SSSR count). The summed E-state index contributed by atoms with van der Waals surface area (Å²) in [5.74, 6) is -0.168. The van der Waals surface area contributed by atoms with Gasteiger partial charge in [0.1, 0.15) is 5.75 Å². The highest BCUT2D eigenvalue weighted by molar-refractivity contribution is 6.31. The third-order valence-corrected chi connectivity index (χ3v) is 3.62. The monoisotopic (exact) mass is 240 g/mol. The van der Waals surface area contributed by atoms with Crippen molar-refractivity contribution in [1.29, 1.82) is 0 Å². The van der Waals surface area contributed by atoms with E-state index >= 15 is 0 Å². The zero-order chi connectivity index (χ0) is 11.9. The van der Waals surface area contributed by atoms with Crippen LogP contribution in [0.3, 0.4) is 0 Å². The van der Waals surface area contributed by atoms with Crippen molar-refractivity contribution >= 4 is 17.6 Å². The minimum Gasteiger partial charge on any atom is -0.497 e. The number of benzene rings is 1. The lowest BCUT2D eigenvalue weighted by Crippen LogP contribution is -2.20. The van der Waals surface area contributed by atoms with Crippen molar-refractivity contribution < 1.29 is 14.6 Å². The lowest BCUT2D eigenvalue weighted by molar-refractivity contribution is -0.140. The van der Waals surface area contributed by atoms with Crippen LogP contribution >= 0.6 is 11.6 Å². The molecule has 0 aromatic heterocycles. The fraction of sp³-hybridized carbons (Fsp3) is 0.417. The predicted molar refractivity (Wildman–Crippen MR) is 61.3 cm³/mol. The molecule has 86 valence electrons. The van der Waals surface area contributed by atoms with Gasteiger partial charge in [-0.2, -0.15) is 0 Å². The van der Waals surface area contributed by atoms with Gasteiger partial charge < -0.3 is 9.84 Å². The topological polar surface area (TPSA) is 46.5 Å². The summed E-state index contributed by atoms with van der Waals surface area (Å²) in [6.07, 6.45) is 1.35. The number of carboxylic acid groups (broad SMARTS) is 1. The summed E-state index contributed by atoms with van der Waals surface area (Å²) in [5.41, 5.74) is 0.883. The van der Waals surface area contributed by atoms with E-state index < -0.39 is 11.4 Å². The van der Waals surface area contributed by atoms with Gasteiger partial charge in [-0.1, -0.05) is 11.6 Å². The minimum atomic E-state index is -0.778. The van der Waals surface area contributed by atoms with Crippen LogP contribution in [0.5, 0.6) is 5.75 Å². The van der Waals surface area contributed by atoms with Gasteiger partial charge in [0.15, 0.2) is 0 Å². The van der Waals surface area contributed by atoms with E-state index in [0.717, 1.165) is 11.1 Å². The van der Waals surface area contributed by atoms with Crippen molar-refractivity contribution in [3.8, 4) is 5.75 Å². The molecule has 0 bridgehead atoms. The highest BCUT2D eigenvalue weighted by Crippen LogP contribution is 2.51. The van der Waals surface area contributed by atoms with Gasteiger partial charge in [-0.25, -0.2) is 0 Å². The van der Waals surface area contributed by atoms with E-state index in [4.69, 9.17) is 16.3 Å². The van der Waals surface area contributed by atoms with Crippen LogP contribution in [0, 0.1) is 6.92 Å². The Labute approximate surface area is 99.0 Å². The van der Waals surface area contributed by atoms with Crippen molar-refractivity contribution in [2.45, 2.75) is 25.2 Å². The van der Waals surface area contributed by atoms with Crippen molar-refractivity contribution in [1.82, 2.24) is 0 Å². The Morgan fingerprint density at radius 2 is 2.12 bits per heavy atom. The molecule has 1 N–H and O–H groups in total. The van der Waals surface area contributed by atoms with Gasteiger partial charge in [-0.15, -0.1) is 0 Å². The Morgan fingerprint density at radius 1 is 1.50 bits per heavy atom. The summed E-state index contributed by atoms with van der Waals surface area (Å²) in [7, 11) is 1.55. The summed E-state index contributed by atoms with van der Waals surface area (Å²) in [4.78, 5) is 11.3. The molecule has 0 atom stereocenters. The molecule has 0 aliphatic heterocycles. The Morgan fingerprint density at radius 3 is 2.56 bits per heavy atom. The van der Waals surface area contributed by atoms with Crippen molar-refractivity contribution in [2.24, 2.45) is 0 Å². The van der Waals surface area contributed by atoms with E-state index in [0.29, 0.717) is 23.6 Å². The SMILES string of the molecule is COc1cc(Cl)c(C)c(C2(C(=O)O)CC2)c1. The van der Waals surface area contributed by atoms with E-state index in [1.54, 1.807) is 19.2 Å². The molecule has 0 radical (unpaired) electrons. The maximum atomic E-state index is 11.3. The molecule has 1 fully saturated rings. The highest BCUT2D eigenvalue weighted by atomic mass is 35.5. The van der Waals surface area contributed by atoms with Crippen molar-refractivity contribution in [3.63, 3.8) is 0 Å². The number of halogens is 1. The largest absolute Gasteiger partial charge is 0.497 e. The molecule has 3 nitrogen and oxygen atoms in total. The number of methoxy groups -OCH3 is 1. The van der Waals surface area contributed by atoms with Gasteiger partial charge in [0.25, 0.3) is 0 Å². The van der Waals surface area contributed by atoms with Crippen LogP contribution in [-0.2, 0) is 10.2 Å². The van der Waals surface area contributed by atoms with Crippen LogP contribution in [0.25, 0.3) is 0 Å². The van der Waals surface area contributed by atoms with Crippen molar-refractivity contribution in [3.05, 3.63) is 28.3 Å². The van der Waals surface area contributed by atoms with E-state index in [9.17, 15) is 9.90 Å². The smallest absolute Gasteiger partial charge is 0.314 e. The number of hydrogen-bond acceptors (Lipinski definition) is 2. The van der Waals surface area contributed by atoms with Gasteiger partial charge in [-0.05, 0) is 43.0 Å². The molecule has 0 saturated heterocycles. The number of carboxylic acids is 1. The van der Waals surface area contributed by atoms with E-state index in [2.05, 4.69) is 0 Å². The Balaban J connectivity index is 2.56. The van der Waals surface area contributed by atoms with Crippen molar-refractivity contribution in [2.75, 3.05) is 7.11 Å². The number of carbonyl (C=O) groups is 1. The zero-order valence-electron chi connectivity index (χ0n) is 9.21. The lowest BCUT2D eigenvalue weighted by atomic mass is 9.92. The summed E-state index contributed by atoms with van der Waals surface area (Å²) >= 11 is 6.06. The first-order valence-electron chi connectivity index (χ1n) is 5.09. The van der Waals surface area contributed by atoms with Crippen LogP contribution in [0.2, 0.25) is 5.02 Å². The predicted octanol–water partition coefficient (Wildman–Crippen LogP) is 2.77. The third kappa shape index (κ3) is 1.55. The normalized spacial score (nSPS) is 16.9. The second-order valence-corrected chi connectivity index (χ2v) is 4.58. The molecule has 0 spiro atoms. The van der Waals surface area contributed by atoms with Gasteiger partial charge in [0.05, 0.1) is 12.5 Å². The Hall–Kier alpha value is -1.22. The Kier molecular flexibility index (Phi) is 2.58. The number of aliphatic carboxylic acids is 1. The first-order valence-corrected chi connectivity index (χ1v) is 5.47. The lowest BCUT2D eigenvalue weighted by Gasteiger charge is -2.16. The maximum Gasteiger partial charge on any atom is 0.314 e. The van der Waals surface area contributed by atoms with Gasteiger partial charge in [0.2, 0.25) is 0 Å². The molecule has 16 heavy (non-hydrogen) atoms. The van der Waals surface area contributed by atoms with E-state index in [-0.39, 0.29) is 0 Å². The van der Waals surface area contributed by atoms with Crippen LogP contribution in [0.1, 0.15) is 24.0 Å². The van der Waals surface area contributed by atoms with Gasteiger partial charge in [-0.3, -0.25) is 4.79 Å². The fourth-order valence-electron chi connectivity index (χ4n) is 1.99. The van der Waals surface area contributed by atoms with Crippen LogP contribution in [0.4, 0.5) is 0 Å². The second kappa shape index (κ2) is 3.67. The fourth-order valence-corrected chi connectivity index (χ4v) is 2.20. The highest BCUT2D eigenvalue weighted by Gasteiger charge is 2.52. The van der Waals surface area contributed by atoms with Crippen LogP contribution in [-0.4, -0.2) is 18.2 Å². The number of hydrogen-bond donors (Lipinski definition) is 1. The minimum absolute atomic E-state index is 0.557. The van der Waals surface area contributed by atoms with E-state index in [1.165, 1.54) is 0 Å². The third-order valence-electron chi connectivity index (χ3n) is 3.23. The molecule has 0 amide bonds. The summed E-state index contributed by atoms with van der Waals surface area (Å²) in [6.45, 7) is 1.85. The quantitative estimate of drug-likeness (QED) is 0.884. The molecule has 1 aromatic carbocycles. The number of ether oxygens (including phenoxy) is 1. The molecule has 0 heterocycles. The molecular formula is C12H13ClO3. The zero-order valence-corrected chi connectivity index (χ0v) is 9.97. The molecule has 1 aliphatic rings. The van der Waals surface area contributed by atoms with E-state index in [1.807, 2.05) is 6.92 Å². The first-order chi connectivity index (χ1) is 7.51. The van der Waals surface area contributed by atoms with Gasteiger partial charge >= 0.3 is 5.97 Å². The van der Waals surface area contributed by atoms with Crippen LogP contribution in [0.15, 0.2) is 12.1 Å². The summed E-state index contributed by atoms with van der Waals surface area (Å²) < 4.78 is 5.12. The Bertz CT molecular complexity index is 450.